The molecule has 176 valence electrons. The Morgan fingerprint density at radius 2 is 1.91 bits per heavy atom. The summed E-state index contributed by atoms with van der Waals surface area (Å²) < 4.78 is 33.0. The van der Waals surface area contributed by atoms with E-state index < -0.39 is 15.8 Å². The molecule has 11 heteroatoms. The summed E-state index contributed by atoms with van der Waals surface area (Å²) in [5.74, 6) is -0.657. The lowest BCUT2D eigenvalue weighted by Crippen LogP contribution is -2.15. The second-order valence-electron chi connectivity index (χ2n) is 7.41. The minimum atomic E-state index is -3.59. The normalized spacial score (nSPS) is 11.5. The fraction of sp³-hybridized carbons (Fsp3) is 0.174. The molecule has 0 aliphatic rings. The van der Waals surface area contributed by atoms with Gasteiger partial charge in [0.25, 0.3) is 0 Å². The molecule has 0 spiro atoms. The number of methoxy groups -OCH3 is 1. The molecule has 0 bridgehead atoms. The van der Waals surface area contributed by atoms with Crippen molar-refractivity contribution in [1.29, 1.82) is 0 Å². The summed E-state index contributed by atoms with van der Waals surface area (Å²) >= 11 is 7.31. The number of halogens is 1. The zero-order valence-electron chi connectivity index (χ0n) is 18.0. The number of carboxylic acids is 1. The van der Waals surface area contributed by atoms with Crippen molar-refractivity contribution in [2.75, 3.05) is 12.9 Å². The predicted octanol–water partition coefficient (Wildman–Crippen LogP) is 4.51. The number of sulfone groups is 1. The predicted molar refractivity (Wildman–Crippen MR) is 131 cm³/mol. The fourth-order valence-corrected chi connectivity index (χ4v) is 5.52. The van der Waals surface area contributed by atoms with Crippen LogP contribution in [0.25, 0.3) is 16.4 Å². The van der Waals surface area contributed by atoms with Crippen molar-refractivity contribution in [2.45, 2.75) is 12.2 Å². The van der Waals surface area contributed by atoms with Crippen LogP contribution >= 0.6 is 22.9 Å². The lowest BCUT2D eigenvalue weighted by Gasteiger charge is -2.15. The average molecular weight is 518 g/mol. The summed E-state index contributed by atoms with van der Waals surface area (Å²) in [6.45, 7) is 0. The van der Waals surface area contributed by atoms with E-state index in [-0.39, 0.29) is 22.9 Å². The molecule has 0 radical (unpaired) electrons. The number of aromatic nitrogens is 3. The van der Waals surface area contributed by atoms with Crippen LogP contribution in [0.2, 0.25) is 5.02 Å². The molecule has 4 rings (SSSR count). The Labute approximate surface area is 205 Å². The van der Waals surface area contributed by atoms with Crippen LogP contribution in [0.1, 0.15) is 21.7 Å². The van der Waals surface area contributed by atoms with Crippen molar-refractivity contribution in [3.63, 3.8) is 0 Å². The molecule has 0 saturated carbocycles. The van der Waals surface area contributed by atoms with E-state index in [4.69, 9.17) is 16.3 Å². The monoisotopic (exact) mass is 517 g/mol. The number of thiophene rings is 1. The number of nitrogens with zero attached hydrogens (tertiary/aromatic N) is 3. The maximum absolute atomic E-state index is 13.0. The molecular formula is C23H20ClN3O5S2. The molecule has 4 aromatic rings. The number of rotatable bonds is 9. The summed E-state index contributed by atoms with van der Waals surface area (Å²) in [5.41, 5.74) is 1.22. The van der Waals surface area contributed by atoms with E-state index in [9.17, 15) is 18.3 Å². The van der Waals surface area contributed by atoms with Crippen molar-refractivity contribution in [3.8, 4) is 22.1 Å². The molecule has 2 aromatic carbocycles. The quantitative estimate of drug-likeness (QED) is 0.347. The van der Waals surface area contributed by atoms with Gasteiger partial charge in [-0.3, -0.25) is 4.57 Å². The van der Waals surface area contributed by atoms with E-state index in [1.165, 1.54) is 36.6 Å². The van der Waals surface area contributed by atoms with Gasteiger partial charge in [0.1, 0.15) is 11.5 Å². The third-order valence-electron chi connectivity index (χ3n) is 5.10. The first kappa shape index (κ1) is 23.9. The minimum absolute atomic E-state index is 0.0261. The Bertz CT molecular complexity index is 1420. The van der Waals surface area contributed by atoms with E-state index in [2.05, 4.69) is 10.2 Å². The Morgan fingerprint density at radius 1 is 1.15 bits per heavy atom. The second kappa shape index (κ2) is 9.96. The van der Waals surface area contributed by atoms with Crippen molar-refractivity contribution in [2.24, 2.45) is 0 Å². The lowest BCUT2D eigenvalue weighted by molar-refractivity contribution is 0.0696. The molecule has 0 aliphatic carbocycles. The lowest BCUT2D eigenvalue weighted by atomic mass is 10.1. The number of carbonyl (C=O) groups is 1. The first-order valence-corrected chi connectivity index (χ1v) is 13.2. The first-order chi connectivity index (χ1) is 16.3. The third-order valence-corrected chi connectivity index (χ3v) is 7.74. The van der Waals surface area contributed by atoms with Gasteiger partial charge in [-0.1, -0.05) is 29.8 Å². The number of aryl methyl sites for hydroxylation is 1. The van der Waals surface area contributed by atoms with Gasteiger partial charge in [-0.05, 0) is 53.8 Å². The maximum Gasteiger partial charge on any atom is 0.335 e. The Balaban J connectivity index is 1.74. The van der Waals surface area contributed by atoms with Gasteiger partial charge < -0.3 is 9.84 Å². The number of carboxylic acid groups (broad SMARTS) is 1. The Hall–Kier alpha value is -3.21. The molecule has 0 atom stereocenters. The number of ether oxygens (including phenoxy) is 1. The van der Waals surface area contributed by atoms with Crippen molar-refractivity contribution in [1.82, 2.24) is 14.8 Å². The summed E-state index contributed by atoms with van der Waals surface area (Å²) in [6.07, 6.45) is 0.323. The highest BCUT2D eigenvalue weighted by Gasteiger charge is 2.24. The maximum atomic E-state index is 13.0. The van der Waals surface area contributed by atoms with E-state index >= 15 is 0 Å². The van der Waals surface area contributed by atoms with Crippen LogP contribution in [0.4, 0.5) is 0 Å². The second-order valence-corrected chi connectivity index (χ2v) is 11.0. The van der Waals surface area contributed by atoms with Crippen molar-refractivity contribution >= 4 is 38.7 Å². The van der Waals surface area contributed by atoms with Crippen LogP contribution in [0, 0.1) is 0 Å². The van der Waals surface area contributed by atoms with Gasteiger partial charge in [0, 0.05) is 5.02 Å². The van der Waals surface area contributed by atoms with Gasteiger partial charge in [-0.2, -0.15) is 0 Å². The van der Waals surface area contributed by atoms with Gasteiger partial charge in [-0.15, -0.1) is 21.5 Å². The zero-order chi connectivity index (χ0) is 24.3. The largest absolute Gasteiger partial charge is 0.495 e. The Kier molecular flexibility index (Phi) is 7.01. The molecule has 0 amide bonds. The summed E-state index contributed by atoms with van der Waals surface area (Å²) in [7, 11) is -2.13. The fourth-order valence-electron chi connectivity index (χ4n) is 3.42. The van der Waals surface area contributed by atoms with Crippen LogP contribution in [-0.2, 0) is 22.0 Å². The highest BCUT2D eigenvalue weighted by molar-refractivity contribution is 7.90. The topological polar surface area (TPSA) is 111 Å². The molecule has 1 N–H and O–H groups in total. The highest BCUT2D eigenvalue weighted by atomic mass is 35.5. The van der Waals surface area contributed by atoms with Crippen molar-refractivity contribution in [3.05, 3.63) is 82.0 Å². The van der Waals surface area contributed by atoms with Crippen LogP contribution < -0.4 is 4.74 Å². The van der Waals surface area contributed by atoms with Gasteiger partial charge >= 0.3 is 5.97 Å². The van der Waals surface area contributed by atoms with Crippen LogP contribution in [0.3, 0.4) is 0 Å². The Morgan fingerprint density at radius 3 is 2.56 bits per heavy atom. The van der Waals surface area contributed by atoms with Crippen LogP contribution in [-0.4, -0.2) is 47.1 Å². The first-order valence-electron chi connectivity index (χ1n) is 10.1. The molecule has 0 fully saturated rings. The molecule has 0 unspecified atom stereocenters. The van der Waals surface area contributed by atoms with E-state index in [0.717, 1.165) is 10.4 Å². The molecule has 0 saturated heterocycles. The summed E-state index contributed by atoms with van der Waals surface area (Å²) in [4.78, 5) is 12.4. The van der Waals surface area contributed by atoms with Crippen molar-refractivity contribution < 1.29 is 23.1 Å². The SMILES string of the molecule is COc1ccc(C(=O)O)cc1-n1c(CS(=O)(=O)CCc2ccc(Cl)cc2)nnc1-c1cccs1. The van der Waals surface area contributed by atoms with Gasteiger partial charge in [0.15, 0.2) is 21.5 Å². The molecule has 0 aliphatic heterocycles. The molecule has 2 aromatic heterocycles. The van der Waals surface area contributed by atoms with Crippen LogP contribution in [0.5, 0.6) is 5.75 Å². The molecular weight excluding hydrogens is 498 g/mol. The van der Waals surface area contributed by atoms with E-state index in [1.54, 1.807) is 28.8 Å². The molecule has 34 heavy (non-hydrogen) atoms. The van der Waals surface area contributed by atoms with Crippen LogP contribution in [0.15, 0.2) is 60.0 Å². The standard InChI is InChI=1S/C23H20ClN3O5S2/c1-32-19-9-6-16(23(28)29)13-18(19)27-21(25-26-22(27)20-3-2-11-33-20)14-34(30,31)12-10-15-4-7-17(24)8-5-15/h2-9,11,13H,10,12,14H2,1H3,(H,28,29). The van der Waals surface area contributed by atoms with E-state index in [1.807, 2.05) is 17.5 Å². The van der Waals surface area contributed by atoms with Gasteiger partial charge in [0.05, 0.1) is 29.0 Å². The average Bonchev–Trinajstić information content (AvgIpc) is 3.48. The van der Waals surface area contributed by atoms with Gasteiger partial charge in [0.2, 0.25) is 0 Å². The van der Waals surface area contributed by atoms with Gasteiger partial charge in [-0.25, -0.2) is 13.2 Å². The molecule has 8 nitrogen and oxygen atoms in total. The van der Waals surface area contributed by atoms with E-state index in [0.29, 0.717) is 28.7 Å². The summed E-state index contributed by atoms with van der Waals surface area (Å²) in [5, 5.41) is 20.3. The number of hydrogen-bond donors (Lipinski definition) is 1. The smallest absolute Gasteiger partial charge is 0.335 e. The number of aromatic carboxylic acids is 1. The third kappa shape index (κ3) is 5.30. The minimum Gasteiger partial charge on any atom is -0.495 e. The molecule has 2 heterocycles. The zero-order valence-corrected chi connectivity index (χ0v) is 20.4. The number of benzene rings is 2. The number of hydrogen-bond acceptors (Lipinski definition) is 7. The highest BCUT2D eigenvalue weighted by Crippen LogP contribution is 2.32. The summed E-state index contributed by atoms with van der Waals surface area (Å²) in [6, 6.07) is 15.0.